The first kappa shape index (κ1) is 12.6. The molecule has 4 nitrogen and oxygen atoms in total. The number of hydrogen-bond donors (Lipinski definition) is 1. The van der Waals surface area contributed by atoms with E-state index in [0.717, 1.165) is 0 Å². The molecule has 0 aromatic carbocycles. The molecule has 1 unspecified atom stereocenters. The molecule has 0 spiro atoms. The van der Waals surface area contributed by atoms with Gasteiger partial charge >= 0.3 is 5.97 Å². The van der Waals surface area contributed by atoms with Crippen molar-refractivity contribution in [2.45, 2.75) is 32.8 Å². The van der Waals surface area contributed by atoms with Gasteiger partial charge in [0.2, 0.25) is 0 Å². The summed E-state index contributed by atoms with van der Waals surface area (Å²) in [5.41, 5.74) is 1.17. The molecule has 88 valence electrons. The van der Waals surface area contributed by atoms with Gasteiger partial charge in [0.05, 0.1) is 24.0 Å². The van der Waals surface area contributed by atoms with Gasteiger partial charge < -0.3 is 9.84 Å². The molecule has 0 aliphatic carbocycles. The number of hydrogen-bond acceptors (Lipinski definition) is 4. The van der Waals surface area contributed by atoms with E-state index in [9.17, 15) is 9.90 Å². The van der Waals surface area contributed by atoms with E-state index in [1.54, 1.807) is 32.2 Å². The molecule has 0 saturated heterocycles. The van der Waals surface area contributed by atoms with Crippen LogP contribution >= 0.6 is 0 Å². The lowest BCUT2D eigenvalue weighted by molar-refractivity contribution is 0.0524. The average Bonchev–Trinajstić information content (AvgIpc) is 2.27. The minimum Gasteiger partial charge on any atom is -0.462 e. The highest BCUT2D eigenvalue weighted by atomic mass is 16.5. The van der Waals surface area contributed by atoms with Crippen molar-refractivity contribution in [3.8, 4) is 0 Å². The van der Waals surface area contributed by atoms with Crippen LogP contribution in [0.5, 0.6) is 0 Å². The second-order valence-electron chi connectivity index (χ2n) is 3.61. The number of carbonyl (C=O) groups is 1. The molecular weight excluding hydrogens is 206 g/mol. The van der Waals surface area contributed by atoms with Crippen LogP contribution in [-0.4, -0.2) is 28.8 Å². The number of nitrogens with zero attached hydrogens (tertiary/aromatic N) is 1. The summed E-state index contributed by atoms with van der Waals surface area (Å²) in [6.45, 7) is 3.83. The van der Waals surface area contributed by atoms with Gasteiger partial charge in [-0.1, -0.05) is 0 Å². The van der Waals surface area contributed by atoms with Gasteiger partial charge in [0.1, 0.15) is 0 Å². The summed E-state index contributed by atoms with van der Waals surface area (Å²) >= 11 is 0. The SMILES string of the molecule is CCOC(=O)c1cccnc1CCC(C)O. The maximum atomic E-state index is 11.6. The Kier molecular flexibility index (Phi) is 4.92. The Morgan fingerprint density at radius 3 is 3.00 bits per heavy atom. The molecule has 1 aromatic heterocycles. The third-order valence-electron chi connectivity index (χ3n) is 2.18. The first-order valence-electron chi connectivity index (χ1n) is 5.44. The number of carbonyl (C=O) groups excluding carboxylic acids is 1. The molecule has 1 heterocycles. The number of aliphatic hydroxyl groups is 1. The Morgan fingerprint density at radius 2 is 2.38 bits per heavy atom. The third kappa shape index (κ3) is 3.62. The van der Waals surface area contributed by atoms with Gasteiger partial charge in [-0.05, 0) is 38.8 Å². The molecule has 0 amide bonds. The Labute approximate surface area is 95.3 Å². The van der Waals surface area contributed by atoms with Crippen molar-refractivity contribution in [2.75, 3.05) is 6.61 Å². The summed E-state index contributed by atoms with van der Waals surface area (Å²) in [6, 6.07) is 3.40. The quantitative estimate of drug-likeness (QED) is 0.770. The maximum absolute atomic E-state index is 11.6. The van der Waals surface area contributed by atoms with Crippen molar-refractivity contribution in [3.63, 3.8) is 0 Å². The largest absolute Gasteiger partial charge is 0.462 e. The zero-order valence-electron chi connectivity index (χ0n) is 9.64. The van der Waals surface area contributed by atoms with Gasteiger partial charge in [-0.25, -0.2) is 4.79 Å². The lowest BCUT2D eigenvalue weighted by atomic mass is 10.1. The fourth-order valence-corrected chi connectivity index (χ4v) is 1.38. The molecule has 0 aliphatic heterocycles. The minimum absolute atomic E-state index is 0.351. The average molecular weight is 223 g/mol. The Morgan fingerprint density at radius 1 is 1.62 bits per heavy atom. The molecular formula is C12H17NO3. The van der Waals surface area contributed by atoms with E-state index in [-0.39, 0.29) is 5.97 Å². The van der Waals surface area contributed by atoms with Crippen molar-refractivity contribution >= 4 is 5.97 Å². The van der Waals surface area contributed by atoms with Crippen molar-refractivity contribution in [1.29, 1.82) is 0 Å². The summed E-state index contributed by atoms with van der Waals surface area (Å²) < 4.78 is 4.93. The molecule has 0 aliphatic rings. The molecule has 4 heteroatoms. The van der Waals surface area contributed by atoms with Gasteiger partial charge in [-0.15, -0.1) is 0 Å². The topological polar surface area (TPSA) is 59.4 Å². The van der Waals surface area contributed by atoms with Crippen LogP contribution in [0.2, 0.25) is 0 Å². The zero-order valence-corrected chi connectivity index (χ0v) is 9.64. The summed E-state index contributed by atoms with van der Waals surface area (Å²) in [7, 11) is 0. The molecule has 1 N–H and O–H groups in total. The van der Waals surface area contributed by atoms with E-state index < -0.39 is 6.10 Å². The highest BCUT2D eigenvalue weighted by molar-refractivity contribution is 5.90. The minimum atomic E-state index is -0.392. The molecule has 0 bridgehead atoms. The van der Waals surface area contributed by atoms with E-state index in [2.05, 4.69) is 4.98 Å². The van der Waals surface area contributed by atoms with Crippen LogP contribution < -0.4 is 0 Å². The lowest BCUT2D eigenvalue weighted by Gasteiger charge is -2.08. The van der Waals surface area contributed by atoms with E-state index in [4.69, 9.17) is 4.74 Å². The van der Waals surface area contributed by atoms with Crippen LogP contribution in [0.25, 0.3) is 0 Å². The fourth-order valence-electron chi connectivity index (χ4n) is 1.38. The van der Waals surface area contributed by atoms with Crippen molar-refractivity contribution in [3.05, 3.63) is 29.6 Å². The molecule has 1 rings (SSSR count). The number of aryl methyl sites for hydroxylation is 1. The highest BCUT2D eigenvalue weighted by Gasteiger charge is 2.13. The Balaban J connectivity index is 2.78. The summed E-state index contributed by atoms with van der Waals surface area (Å²) in [5.74, 6) is -0.351. The maximum Gasteiger partial charge on any atom is 0.339 e. The second-order valence-corrected chi connectivity index (χ2v) is 3.61. The predicted octanol–water partition coefficient (Wildman–Crippen LogP) is 1.57. The molecule has 1 aromatic rings. The van der Waals surface area contributed by atoms with E-state index >= 15 is 0 Å². The van der Waals surface area contributed by atoms with Gasteiger partial charge in [-0.2, -0.15) is 0 Å². The number of pyridine rings is 1. The summed E-state index contributed by atoms with van der Waals surface area (Å²) in [4.78, 5) is 15.7. The lowest BCUT2D eigenvalue weighted by Crippen LogP contribution is -2.11. The molecule has 16 heavy (non-hydrogen) atoms. The molecule has 0 radical (unpaired) electrons. The van der Waals surface area contributed by atoms with Crippen LogP contribution in [0.15, 0.2) is 18.3 Å². The number of ether oxygens (including phenoxy) is 1. The first-order valence-corrected chi connectivity index (χ1v) is 5.44. The zero-order chi connectivity index (χ0) is 12.0. The van der Waals surface area contributed by atoms with Gasteiger partial charge in [-0.3, -0.25) is 4.98 Å². The highest BCUT2D eigenvalue weighted by Crippen LogP contribution is 2.10. The van der Waals surface area contributed by atoms with Gasteiger partial charge in [0, 0.05) is 6.20 Å². The third-order valence-corrected chi connectivity index (χ3v) is 2.18. The number of rotatable bonds is 5. The smallest absolute Gasteiger partial charge is 0.339 e. The van der Waals surface area contributed by atoms with Gasteiger partial charge in [0.25, 0.3) is 0 Å². The normalized spacial score (nSPS) is 12.2. The standard InChI is InChI=1S/C12H17NO3/c1-3-16-12(15)10-5-4-8-13-11(10)7-6-9(2)14/h4-5,8-9,14H,3,6-7H2,1-2H3. The van der Waals surface area contributed by atoms with Crippen LogP contribution in [0.1, 0.15) is 36.3 Å². The van der Waals surface area contributed by atoms with Gasteiger partial charge in [0.15, 0.2) is 0 Å². The monoisotopic (exact) mass is 223 g/mol. The van der Waals surface area contributed by atoms with Crippen LogP contribution in [0.3, 0.4) is 0 Å². The van der Waals surface area contributed by atoms with Crippen molar-refractivity contribution < 1.29 is 14.6 Å². The van der Waals surface area contributed by atoms with Crippen molar-refractivity contribution in [2.24, 2.45) is 0 Å². The Bertz CT molecular complexity index is 350. The molecule has 0 saturated carbocycles. The predicted molar refractivity (Wildman–Crippen MR) is 60.2 cm³/mol. The van der Waals surface area contributed by atoms with Crippen molar-refractivity contribution in [1.82, 2.24) is 4.98 Å². The number of aliphatic hydroxyl groups excluding tert-OH is 1. The van der Waals surface area contributed by atoms with E-state index in [1.165, 1.54) is 0 Å². The number of aromatic nitrogens is 1. The molecule has 0 fully saturated rings. The molecule has 1 atom stereocenters. The van der Waals surface area contributed by atoms with Crippen LogP contribution in [0, 0.1) is 0 Å². The fraction of sp³-hybridized carbons (Fsp3) is 0.500. The second kappa shape index (κ2) is 6.23. The summed E-state index contributed by atoms with van der Waals surface area (Å²) in [5, 5.41) is 9.20. The van der Waals surface area contributed by atoms with E-state index in [1.807, 2.05) is 0 Å². The summed E-state index contributed by atoms with van der Waals surface area (Å²) in [6.07, 6.45) is 2.41. The first-order chi connectivity index (χ1) is 7.65. The van der Waals surface area contributed by atoms with Crippen LogP contribution in [0.4, 0.5) is 0 Å². The van der Waals surface area contributed by atoms with Crippen LogP contribution in [-0.2, 0) is 11.2 Å². The Hall–Kier alpha value is -1.42. The number of esters is 1. The van der Waals surface area contributed by atoms with E-state index in [0.29, 0.717) is 30.7 Å².